The first-order valence-corrected chi connectivity index (χ1v) is 9.00. The fourth-order valence-corrected chi connectivity index (χ4v) is 3.49. The average Bonchev–Trinajstić information content (AvgIpc) is 2.72. The predicted octanol–water partition coefficient (Wildman–Crippen LogP) is 1.99. The van der Waals surface area contributed by atoms with E-state index in [-0.39, 0.29) is 23.4 Å². The lowest BCUT2D eigenvalue weighted by atomic mass is 10.1. The highest BCUT2D eigenvalue weighted by atomic mass is 32.1. The minimum Gasteiger partial charge on any atom is -0.451 e. The van der Waals surface area contributed by atoms with Gasteiger partial charge >= 0.3 is 10.8 Å². The molecule has 1 aromatic rings. The standard InChI is InChI=1S/C16H24N2O4S/c1-11-10-23-16(21)18(11)9-14(19)22-12(2)15(20)17-13-7-5-3-4-6-8-13/h10,12-13H,3-9H2,1-2H3,(H,17,20). The van der Waals surface area contributed by atoms with Crippen LogP contribution in [0.3, 0.4) is 0 Å². The molecule has 1 aromatic heterocycles. The van der Waals surface area contributed by atoms with Crippen molar-refractivity contribution in [2.75, 3.05) is 0 Å². The second kappa shape index (κ2) is 8.29. The summed E-state index contributed by atoms with van der Waals surface area (Å²) in [6, 6.07) is 0.174. The van der Waals surface area contributed by atoms with Gasteiger partial charge in [-0.3, -0.25) is 19.0 Å². The second-order valence-electron chi connectivity index (χ2n) is 6.06. The monoisotopic (exact) mass is 340 g/mol. The van der Waals surface area contributed by atoms with Crippen LogP contribution in [-0.2, 0) is 20.9 Å². The molecule has 1 N–H and O–H groups in total. The molecule has 0 saturated heterocycles. The lowest BCUT2D eigenvalue weighted by Gasteiger charge is -2.19. The molecule has 6 nitrogen and oxygen atoms in total. The van der Waals surface area contributed by atoms with Crippen LogP contribution in [-0.4, -0.2) is 28.6 Å². The topological polar surface area (TPSA) is 77.4 Å². The minimum atomic E-state index is -0.847. The zero-order valence-corrected chi connectivity index (χ0v) is 14.5. The van der Waals surface area contributed by atoms with Gasteiger partial charge in [0.15, 0.2) is 6.10 Å². The van der Waals surface area contributed by atoms with Crippen LogP contribution >= 0.6 is 11.3 Å². The quantitative estimate of drug-likeness (QED) is 0.657. The number of nitrogens with one attached hydrogen (secondary N) is 1. The van der Waals surface area contributed by atoms with Crippen molar-refractivity contribution in [2.45, 2.75) is 71.1 Å². The van der Waals surface area contributed by atoms with Crippen molar-refractivity contribution in [3.63, 3.8) is 0 Å². The summed E-state index contributed by atoms with van der Waals surface area (Å²) in [7, 11) is 0. The number of amides is 1. The molecule has 0 radical (unpaired) electrons. The van der Waals surface area contributed by atoms with Gasteiger partial charge < -0.3 is 10.1 Å². The highest BCUT2D eigenvalue weighted by Crippen LogP contribution is 2.17. The van der Waals surface area contributed by atoms with Gasteiger partial charge in [-0.05, 0) is 26.7 Å². The van der Waals surface area contributed by atoms with Crippen molar-refractivity contribution in [3.8, 4) is 0 Å². The number of aromatic nitrogens is 1. The molecule has 1 unspecified atom stereocenters. The van der Waals surface area contributed by atoms with E-state index in [1.54, 1.807) is 19.2 Å². The zero-order valence-electron chi connectivity index (χ0n) is 13.7. The van der Waals surface area contributed by atoms with Crippen molar-refractivity contribution in [1.29, 1.82) is 0 Å². The van der Waals surface area contributed by atoms with Crippen LogP contribution in [0.1, 0.15) is 51.1 Å². The lowest BCUT2D eigenvalue weighted by Crippen LogP contribution is -2.42. The molecule has 23 heavy (non-hydrogen) atoms. The second-order valence-corrected chi connectivity index (χ2v) is 6.88. The fraction of sp³-hybridized carbons (Fsp3) is 0.688. The Morgan fingerprint density at radius 3 is 2.57 bits per heavy atom. The van der Waals surface area contributed by atoms with Gasteiger partial charge in [0.25, 0.3) is 5.91 Å². The van der Waals surface area contributed by atoms with E-state index in [0.717, 1.165) is 37.0 Å². The van der Waals surface area contributed by atoms with E-state index >= 15 is 0 Å². The number of thiazole rings is 1. The summed E-state index contributed by atoms with van der Waals surface area (Å²) in [5.74, 6) is -0.836. The van der Waals surface area contributed by atoms with Crippen LogP contribution in [0, 0.1) is 6.92 Å². The number of aryl methyl sites for hydroxylation is 1. The summed E-state index contributed by atoms with van der Waals surface area (Å²) in [6.45, 7) is 3.16. The summed E-state index contributed by atoms with van der Waals surface area (Å²) in [5, 5.41) is 4.66. The molecule has 1 aliphatic carbocycles. The molecular formula is C16H24N2O4S. The van der Waals surface area contributed by atoms with Crippen molar-refractivity contribution < 1.29 is 14.3 Å². The average molecular weight is 340 g/mol. The largest absolute Gasteiger partial charge is 0.451 e. The normalized spacial score (nSPS) is 17.3. The summed E-state index contributed by atoms with van der Waals surface area (Å²) in [6.07, 6.45) is 5.79. The molecule has 0 aromatic carbocycles. The number of ether oxygens (including phenoxy) is 1. The first-order valence-electron chi connectivity index (χ1n) is 8.12. The van der Waals surface area contributed by atoms with Crippen LogP contribution in [0.4, 0.5) is 0 Å². The van der Waals surface area contributed by atoms with Crippen LogP contribution in [0.15, 0.2) is 10.2 Å². The highest BCUT2D eigenvalue weighted by Gasteiger charge is 2.22. The minimum absolute atomic E-state index is 0.158. The molecule has 1 amide bonds. The summed E-state index contributed by atoms with van der Waals surface area (Å²) in [4.78, 5) is 35.4. The Morgan fingerprint density at radius 1 is 1.35 bits per heavy atom. The molecule has 0 bridgehead atoms. The van der Waals surface area contributed by atoms with E-state index in [2.05, 4.69) is 5.32 Å². The Morgan fingerprint density at radius 2 is 2.00 bits per heavy atom. The Kier molecular flexibility index (Phi) is 6.38. The van der Waals surface area contributed by atoms with Crippen molar-refractivity contribution >= 4 is 23.2 Å². The Hall–Kier alpha value is -1.63. The van der Waals surface area contributed by atoms with Gasteiger partial charge in [-0.25, -0.2) is 0 Å². The van der Waals surface area contributed by atoms with E-state index in [0.29, 0.717) is 5.69 Å². The summed E-state index contributed by atoms with van der Waals surface area (Å²) in [5.41, 5.74) is 0.715. The van der Waals surface area contributed by atoms with E-state index in [4.69, 9.17) is 4.74 Å². The van der Waals surface area contributed by atoms with Gasteiger partial charge in [0, 0.05) is 17.1 Å². The van der Waals surface area contributed by atoms with Gasteiger partial charge in [-0.2, -0.15) is 0 Å². The Bertz CT molecular complexity index is 599. The Balaban J connectivity index is 1.82. The van der Waals surface area contributed by atoms with Crippen molar-refractivity contribution in [3.05, 3.63) is 20.7 Å². The van der Waals surface area contributed by atoms with E-state index in [1.807, 2.05) is 0 Å². The molecule has 1 fully saturated rings. The smallest absolute Gasteiger partial charge is 0.326 e. The number of rotatable bonds is 5. The van der Waals surface area contributed by atoms with Gasteiger partial charge in [-0.15, -0.1) is 0 Å². The molecule has 1 heterocycles. The van der Waals surface area contributed by atoms with Crippen LogP contribution < -0.4 is 10.2 Å². The highest BCUT2D eigenvalue weighted by molar-refractivity contribution is 7.07. The first-order chi connectivity index (χ1) is 11.0. The third kappa shape index (κ3) is 5.20. The van der Waals surface area contributed by atoms with Gasteiger partial charge in [0.05, 0.1) is 0 Å². The van der Waals surface area contributed by atoms with Crippen molar-refractivity contribution in [2.24, 2.45) is 0 Å². The predicted molar refractivity (Wildman–Crippen MR) is 88.5 cm³/mol. The molecule has 1 aliphatic rings. The molecule has 128 valence electrons. The van der Waals surface area contributed by atoms with Gasteiger partial charge in [0.1, 0.15) is 6.54 Å². The maximum atomic E-state index is 12.1. The molecule has 0 spiro atoms. The molecule has 1 saturated carbocycles. The van der Waals surface area contributed by atoms with Crippen molar-refractivity contribution in [1.82, 2.24) is 9.88 Å². The molecule has 7 heteroatoms. The summed E-state index contributed by atoms with van der Waals surface area (Å²) < 4.78 is 6.51. The van der Waals surface area contributed by atoms with Gasteiger partial charge in [-0.1, -0.05) is 37.0 Å². The van der Waals surface area contributed by atoms with E-state index in [1.165, 1.54) is 17.4 Å². The SMILES string of the molecule is Cc1csc(=O)n1CC(=O)OC(C)C(=O)NC1CCCCCC1. The number of nitrogens with zero attached hydrogens (tertiary/aromatic N) is 1. The fourth-order valence-electron chi connectivity index (χ4n) is 2.76. The van der Waals surface area contributed by atoms with E-state index in [9.17, 15) is 14.4 Å². The van der Waals surface area contributed by atoms with Gasteiger partial charge in [0.2, 0.25) is 0 Å². The maximum absolute atomic E-state index is 12.1. The van der Waals surface area contributed by atoms with E-state index < -0.39 is 12.1 Å². The molecule has 1 atom stereocenters. The third-order valence-corrected chi connectivity index (χ3v) is 5.02. The zero-order chi connectivity index (χ0) is 16.8. The number of esters is 1. The number of carbonyl (C=O) groups is 2. The molecular weight excluding hydrogens is 316 g/mol. The van der Waals surface area contributed by atoms with Crippen LogP contribution in [0.25, 0.3) is 0 Å². The first kappa shape index (κ1) is 17.7. The molecule has 0 aliphatic heterocycles. The number of hydrogen-bond acceptors (Lipinski definition) is 5. The number of carbonyl (C=O) groups excluding carboxylic acids is 2. The number of hydrogen-bond donors (Lipinski definition) is 1. The Labute approximate surface area is 139 Å². The van der Waals surface area contributed by atoms with Crippen LogP contribution in [0.2, 0.25) is 0 Å². The summed E-state index contributed by atoms with van der Waals surface area (Å²) >= 11 is 1.04. The lowest BCUT2D eigenvalue weighted by molar-refractivity contribution is -0.155. The third-order valence-electron chi connectivity index (χ3n) is 4.14. The maximum Gasteiger partial charge on any atom is 0.326 e. The molecule has 2 rings (SSSR count). The van der Waals surface area contributed by atoms with Crippen LogP contribution in [0.5, 0.6) is 0 Å².